The van der Waals surface area contributed by atoms with Crippen LogP contribution >= 0.6 is 11.3 Å². The van der Waals surface area contributed by atoms with Crippen molar-refractivity contribution < 1.29 is 27.5 Å². The number of thiophene rings is 1. The number of benzene rings is 2. The highest BCUT2D eigenvalue weighted by atomic mass is 32.2. The van der Waals surface area contributed by atoms with Gasteiger partial charge in [0, 0.05) is 6.42 Å². The van der Waals surface area contributed by atoms with Gasteiger partial charge in [-0.2, -0.15) is 0 Å². The number of para-hydroxylation sites is 1. The molecular weight excluding hydrogens is 454 g/mol. The molecule has 1 aliphatic heterocycles. The highest BCUT2D eigenvalue weighted by Crippen LogP contribution is 2.32. The number of anilines is 1. The van der Waals surface area contributed by atoms with Gasteiger partial charge in [0.15, 0.2) is 11.5 Å². The van der Waals surface area contributed by atoms with Crippen LogP contribution in [0.25, 0.3) is 0 Å². The highest BCUT2D eigenvalue weighted by Gasteiger charge is 2.20. The second-order valence-corrected chi connectivity index (χ2v) is 9.63. The maximum absolute atomic E-state index is 12.6. The van der Waals surface area contributed by atoms with Crippen molar-refractivity contribution in [2.45, 2.75) is 17.1 Å². The van der Waals surface area contributed by atoms with Crippen LogP contribution in [0.15, 0.2) is 64.2 Å². The molecule has 0 radical (unpaired) electrons. The molecule has 1 aromatic heterocycles. The fourth-order valence-corrected chi connectivity index (χ4v) is 5.06. The van der Waals surface area contributed by atoms with Crippen molar-refractivity contribution in [2.24, 2.45) is 0 Å². The van der Waals surface area contributed by atoms with Gasteiger partial charge in [0.05, 0.1) is 11.3 Å². The summed E-state index contributed by atoms with van der Waals surface area (Å²) < 4.78 is 38.1. The monoisotopic (exact) mass is 473 g/mol. The molecule has 2 amide bonds. The molecule has 3 aromatic rings. The number of hydrogen-bond acceptors (Lipinski definition) is 7. The number of amides is 2. The molecule has 4 rings (SSSR count). The van der Waals surface area contributed by atoms with Gasteiger partial charge < -0.3 is 9.47 Å². The van der Waals surface area contributed by atoms with Crippen LogP contribution < -0.4 is 25.0 Å². The average molecular weight is 474 g/mol. The molecule has 166 valence electrons. The predicted molar refractivity (Wildman–Crippen MR) is 118 cm³/mol. The first kappa shape index (κ1) is 21.7. The molecule has 11 heteroatoms. The van der Waals surface area contributed by atoms with Crippen molar-refractivity contribution in [3.05, 3.63) is 71.1 Å². The summed E-state index contributed by atoms with van der Waals surface area (Å²) in [6, 6.07) is 14.7. The summed E-state index contributed by atoms with van der Waals surface area (Å²) in [5, 5.41) is 1.65. The van der Waals surface area contributed by atoms with E-state index in [4.69, 9.17) is 9.47 Å². The van der Waals surface area contributed by atoms with E-state index in [1.165, 1.54) is 18.2 Å². The van der Waals surface area contributed by atoms with Gasteiger partial charge in [-0.1, -0.05) is 24.3 Å². The van der Waals surface area contributed by atoms with Crippen LogP contribution in [0.1, 0.15) is 22.3 Å². The van der Waals surface area contributed by atoms with Gasteiger partial charge >= 0.3 is 0 Å². The van der Waals surface area contributed by atoms with E-state index in [0.29, 0.717) is 17.9 Å². The molecule has 0 bridgehead atoms. The summed E-state index contributed by atoms with van der Waals surface area (Å²) in [6.45, 7) is 0.177. The van der Waals surface area contributed by atoms with E-state index in [1.54, 1.807) is 29.6 Å². The Bertz CT molecular complexity index is 1240. The smallest absolute Gasteiger partial charge is 0.271 e. The molecule has 2 aromatic carbocycles. The summed E-state index contributed by atoms with van der Waals surface area (Å²) >= 11 is 1.06. The maximum atomic E-state index is 12.6. The maximum Gasteiger partial charge on any atom is 0.271 e. The Hall–Kier alpha value is -3.57. The SMILES string of the molecule is O=C(CCc1ccc2c(c1)OCO2)NNC(=O)c1ccccc1NS(=O)(=O)c1cccs1. The Kier molecular flexibility index (Phi) is 6.28. The van der Waals surface area contributed by atoms with E-state index >= 15 is 0 Å². The lowest BCUT2D eigenvalue weighted by Gasteiger charge is -2.12. The number of hydrazine groups is 1. The zero-order valence-electron chi connectivity index (χ0n) is 16.7. The van der Waals surface area contributed by atoms with Crippen LogP contribution in [0.4, 0.5) is 5.69 Å². The number of sulfonamides is 1. The third kappa shape index (κ3) is 5.01. The Morgan fingerprint density at radius 1 is 0.969 bits per heavy atom. The molecule has 0 saturated carbocycles. The van der Waals surface area contributed by atoms with Gasteiger partial charge in [-0.05, 0) is 47.7 Å². The quantitative estimate of drug-likeness (QED) is 0.454. The lowest BCUT2D eigenvalue weighted by Crippen LogP contribution is -2.42. The lowest BCUT2D eigenvalue weighted by molar-refractivity contribution is -0.121. The van der Waals surface area contributed by atoms with E-state index in [0.717, 1.165) is 16.9 Å². The number of aryl methyl sites for hydroxylation is 1. The molecule has 1 aliphatic rings. The molecule has 2 heterocycles. The van der Waals surface area contributed by atoms with Crippen LogP contribution in [0.3, 0.4) is 0 Å². The topological polar surface area (TPSA) is 123 Å². The summed E-state index contributed by atoms with van der Waals surface area (Å²) in [4.78, 5) is 24.7. The van der Waals surface area contributed by atoms with E-state index < -0.39 is 21.8 Å². The number of carbonyl (C=O) groups is 2. The van der Waals surface area contributed by atoms with Crippen molar-refractivity contribution in [1.29, 1.82) is 0 Å². The standard InChI is InChI=1S/C21H19N3O6S2/c25-19(10-8-14-7-9-17-18(12-14)30-13-29-17)22-23-21(26)15-4-1-2-5-16(15)24-32(27,28)20-6-3-11-31-20/h1-7,9,11-12,24H,8,10,13H2,(H,22,25)(H,23,26). The normalized spacial score (nSPS) is 12.2. The Balaban J connectivity index is 1.33. The molecule has 3 N–H and O–H groups in total. The largest absolute Gasteiger partial charge is 0.454 e. The van der Waals surface area contributed by atoms with Gasteiger partial charge in [-0.25, -0.2) is 8.42 Å². The molecule has 0 fully saturated rings. The van der Waals surface area contributed by atoms with Gasteiger partial charge in [0.2, 0.25) is 12.7 Å². The van der Waals surface area contributed by atoms with Gasteiger partial charge in [-0.15, -0.1) is 11.3 Å². The first-order valence-corrected chi connectivity index (χ1v) is 11.9. The van der Waals surface area contributed by atoms with Crippen molar-refractivity contribution in [1.82, 2.24) is 10.9 Å². The van der Waals surface area contributed by atoms with Crippen molar-refractivity contribution in [3.63, 3.8) is 0 Å². The van der Waals surface area contributed by atoms with Crippen LogP contribution in [0.2, 0.25) is 0 Å². The van der Waals surface area contributed by atoms with Crippen LogP contribution in [0, 0.1) is 0 Å². The third-order valence-electron chi connectivity index (χ3n) is 4.57. The first-order valence-electron chi connectivity index (χ1n) is 9.55. The average Bonchev–Trinajstić information content (AvgIpc) is 3.48. The Morgan fingerprint density at radius 3 is 2.59 bits per heavy atom. The number of nitrogens with one attached hydrogen (secondary N) is 3. The van der Waals surface area contributed by atoms with Gasteiger partial charge in [-0.3, -0.25) is 25.2 Å². The molecule has 0 saturated heterocycles. The number of rotatable bonds is 7. The van der Waals surface area contributed by atoms with E-state index in [1.807, 2.05) is 12.1 Å². The molecule has 0 atom stereocenters. The van der Waals surface area contributed by atoms with E-state index in [-0.39, 0.29) is 28.7 Å². The van der Waals surface area contributed by atoms with Gasteiger partial charge in [0.1, 0.15) is 4.21 Å². The van der Waals surface area contributed by atoms with Crippen molar-refractivity contribution >= 4 is 38.9 Å². The molecule has 0 spiro atoms. The number of hydrogen-bond donors (Lipinski definition) is 3. The summed E-state index contributed by atoms with van der Waals surface area (Å²) in [5.74, 6) is 0.259. The summed E-state index contributed by atoms with van der Waals surface area (Å²) in [6.07, 6.45) is 0.572. The van der Waals surface area contributed by atoms with Crippen molar-refractivity contribution in [2.75, 3.05) is 11.5 Å². The molecular formula is C21H19N3O6S2. The Labute approximate surface area is 188 Å². The molecule has 32 heavy (non-hydrogen) atoms. The second kappa shape index (κ2) is 9.28. The zero-order valence-corrected chi connectivity index (χ0v) is 18.3. The fourth-order valence-electron chi connectivity index (χ4n) is 2.99. The molecule has 9 nitrogen and oxygen atoms in total. The fraction of sp³-hybridized carbons (Fsp3) is 0.143. The van der Waals surface area contributed by atoms with Crippen molar-refractivity contribution in [3.8, 4) is 11.5 Å². The summed E-state index contributed by atoms with van der Waals surface area (Å²) in [5.41, 5.74) is 5.74. The molecule has 0 unspecified atom stereocenters. The van der Waals surface area contributed by atoms with E-state index in [2.05, 4.69) is 15.6 Å². The zero-order chi connectivity index (χ0) is 22.6. The van der Waals surface area contributed by atoms with E-state index in [9.17, 15) is 18.0 Å². The first-order chi connectivity index (χ1) is 15.4. The second-order valence-electron chi connectivity index (χ2n) is 6.77. The highest BCUT2D eigenvalue weighted by molar-refractivity contribution is 7.94. The number of carbonyl (C=O) groups excluding carboxylic acids is 2. The van der Waals surface area contributed by atoms with Crippen LogP contribution in [-0.4, -0.2) is 27.0 Å². The predicted octanol–water partition coefficient (Wildman–Crippen LogP) is 2.67. The van der Waals surface area contributed by atoms with Crippen LogP contribution in [0.5, 0.6) is 11.5 Å². The minimum Gasteiger partial charge on any atom is -0.454 e. The third-order valence-corrected chi connectivity index (χ3v) is 7.33. The number of ether oxygens (including phenoxy) is 2. The minimum atomic E-state index is -3.82. The Morgan fingerprint density at radius 2 is 1.78 bits per heavy atom. The minimum absolute atomic E-state index is 0.0729. The molecule has 0 aliphatic carbocycles. The van der Waals surface area contributed by atoms with Gasteiger partial charge in [0.25, 0.3) is 15.9 Å². The summed E-state index contributed by atoms with van der Waals surface area (Å²) in [7, 11) is -3.82. The van der Waals surface area contributed by atoms with Crippen LogP contribution in [-0.2, 0) is 21.2 Å². The number of fused-ring (bicyclic) bond motifs is 1. The lowest BCUT2D eigenvalue weighted by atomic mass is 10.1.